The molecular weight excluding hydrogens is 310 g/mol. The topological polar surface area (TPSA) is 38.9 Å². The highest BCUT2D eigenvalue weighted by Gasteiger charge is 2.20. The maximum absolute atomic E-state index is 5.89. The van der Waals surface area contributed by atoms with Gasteiger partial charge in [0.25, 0.3) is 0 Å². The van der Waals surface area contributed by atoms with Crippen LogP contribution in [0.3, 0.4) is 0 Å². The van der Waals surface area contributed by atoms with E-state index in [1.54, 1.807) is 12.4 Å². The lowest BCUT2D eigenvalue weighted by Crippen LogP contribution is -3.05. The quantitative estimate of drug-likeness (QED) is 0.755. The van der Waals surface area contributed by atoms with E-state index in [0.29, 0.717) is 6.61 Å². The van der Waals surface area contributed by atoms with Crippen molar-refractivity contribution in [3.8, 4) is 5.75 Å². The van der Waals surface area contributed by atoms with Gasteiger partial charge in [-0.2, -0.15) is 4.99 Å². The Labute approximate surface area is 147 Å². The second-order valence-electron chi connectivity index (χ2n) is 6.08. The van der Waals surface area contributed by atoms with Crippen LogP contribution in [0.5, 0.6) is 5.75 Å². The van der Waals surface area contributed by atoms with Crippen molar-refractivity contribution in [1.82, 2.24) is 4.98 Å². The minimum atomic E-state index is 0.640. The molecule has 4 heteroatoms. The van der Waals surface area contributed by atoms with Gasteiger partial charge < -0.3 is 4.74 Å². The Morgan fingerprint density at radius 3 is 2.52 bits per heavy atom. The van der Waals surface area contributed by atoms with Crippen molar-refractivity contribution in [2.75, 3.05) is 13.2 Å². The fourth-order valence-corrected chi connectivity index (χ4v) is 2.99. The van der Waals surface area contributed by atoms with E-state index in [9.17, 15) is 0 Å². The summed E-state index contributed by atoms with van der Waals surface area (Å²) in [4.78, 5) is 9.68. The Morgan fingerprint density at radius 2 is 1.68 bits per heavy atom. The molecule has 1 aromatic heterocycles. The first-order chi connectivity index (χ1) is 12.4. The van der Waals surface area contributed by atoms with Crippen LogP contribution in [0.4, 0.5) is 11.4 Å². The van der Waals surface area contributed by atoms with E-state index in [4.69, 9.17) is 4.74 Å². The number of hydrogen-bond donors (Lipinski definition) is 1. The first-order valence-corrected chi connectivity index (χ1v) is 8.48. The van der Waals surface area contributed by atoms with E-state index in [1.807, 2.05) is 30.6 Å². The lowest BCUT2D eigenvalue weighted by Gasteiger charge is -2.11. The van der Waals surface area contributed by atoms with Gasteiger partial charge in [-0.05, 0) is 29.7 Å². The molecule has 0 aliphatic carbocycles. The zero-order valence-electron chi connectivity index (χ0n) is 13.9. The number of aliphatic imine (C=N–C) groups is 1. The molecule has 0 fully saturated rings. The molecule has 3 aromatic rings. The number of hydrogen-bond acceptors (Lipinski definition) is 3. The van der Waals surface area contributed by atoms with E-state index in [0.717, 1.165) is 30.1 Å². The van der Waals surface area contributed by atoms with Gasteiger partial charge in [0.1, 0.15) is 24.6 Å². The van der Waals surface area contributed by atoms with Gasteiger partial charge in [-0.15, -0.1) is 0 Å². The van der Waals surface area contributed by atoms with Crippen molar-refractivity contribution < 1.29 is 9.64 Å². The normalized spacial score (nSPS) is 15.1. The number of benzene rings is 2. The zero-order chi connectivity index (χ0) is 16.9. The average molecular weight is 330 g/mol. The second-order valence-corrected chi connectivity index (χ2v) is 6.08. The minimum Gasteiger partial charge on any atom is -0.488 e. The number of ether oxygens (including phenoxy) is 1. The Bertz CT molecular complexity index is 860. The van der Waals surface area contributed by atoms with Crippen molar-refractivity contribution in [2.24, 2.45) is 4.99 Å². The van der Waals surface area contributed by atoms with Crippen LogP contribution in [0.2, 0.25) is 0 Å². The van der Waals surface area contributed by atoms with Gasteiger partial charge in [0.15, 0.2) is 12.0 Å². The molecule has 2 heterocycles. The molecule has 0 saturated carbocycles. The van der Waals surface area contributed by atoms with Crippen molar-refractivity contribution in [3.05, 3.63) is 84.2 Å². The fraction of sp³-hybridized carbons (Fsp3) is 0.143. The predicted octanol–water partition coefficient (Wildman–Crippen LogP) is 2.94. The summed E-state index contributed by atoms with van der Waals surface area (Å²) >= 11 is 0. The highest BCUT2D eigenvalue weighted by Crippen LogP contribution is 2.21. The summed E-state index contributed by atoms with van der Waals surface area (Å²) in [5.41, 5.74) is 4.72. The van der Waals surface area contributed by atoms with Gasteiger partial charge in [-0.1, -0.05) is 42.5 Å². The Balaban J connectivity index is 1.30. The van der Waals surface area contributed by atoms with Crippen molar-refractivity contribution in [3.63, 3.8) is 0 Å². The minimum absolute atomic E-state index is 0.640. The highest BCUT2D eigenvalue weighted by atomic mass is 16.5. The molecule has 0 saturated heterocycles. The number of rotatable bonds is 6. The molecule has 25 heavy (non-hydrogen) atoms. The van der Waals surface area contributed by atoms with Crippen LogP contribution in [0.25, 0.3) is 0 Å². The molecule has 1 atom stereocenters. The van der Waals surface area contributed by atoms with Crippen LogP contribution in [0.1, 0.15) is 11.1 Å². The van der Waals surface area contributed by atoms with Crippen LogP contribution in [-0.2, 0) is 6.42 Å². The molecule has 4 rings (SSSR count). The van der Waals surface area contributed by atoms with Gasteiger partial charge >= 0.3 is 0 Å². The number of pyridine rings is 1. The van der Waals surface area contributed by atoms with Gasteiger partial charge in [0, 0.05) is 12.3 Å². The number of nitrogens with zero attached hydrogens (tertiary/aromatic N) is 2. The van der Waals surface area contributed by atoms with E-state index in [-0.39, 0.29) is 0 Å². The summed E-state index contributed by atoms with van der Waals surface area (Å²) in [7, 11) is 0. The van der Waals surface area contributed by atoms with Crippen LogP contribution in [0.15, 0.2) is 78.0 Å². The number of aromatic nitrogens is 1. The van der Waals surface area contributed by atoms with Gasteiger partial charge in [0.2, 0.25) is 0 Å². The first-order valence-electron chi connectivity index (χ1n) is 8.48. The van der Waals surface area contributed by atoms with Gasteiger partial charge in [-0.25, -0.2) is 0 Å². The molecule has 1 aliphatic heterocycles. The molecule has 1 unspecified atom stereocenters. The third-order valence-corrected chi connectivity index (χ3v) is 4.32. The van der Waals surface area contributed by atoms with Crippen LogP contribution in [0, 0.1) is 0 Å². The Kier molecular flexibility index (Phi) is 4.53. The van der Waals surface area contributed by atoms with Gasteiger partial charge in [-0.3, -0.25) is 9.88 Å². The highest BCUT2D eigenvalue weighted by molar-refractivity contribution is 5.70. The molecule has 0 amide bonds. The van der Waals surface area contributed by atoms with Crippen molar-refractivity contribution >= 4 is 17.7 Å². The molecule has 0 bridgehead atoms. The maximum atomic E-state index is 5.89. The number of fused-ring (bicyclic) bond motifs is 1. The van der Waals surface area contributed by atoms with E-state index in [1.165, 1.54) is 16.0 Å². The third-order valence-electron chi connectivity index (χ3n) is 4.32. The average Bonchev–Trinajstić information content (AvgIpc) is 3.07. The number of nitrogens with one attached hydrogen (secondary N) is 1. The molecule has 4 nitrogen and oxygen atoms in total. The lowest BCUT2D eigenvalue weighted by molar-refractivity contribution is -0.720. The van der Waals surface area contributed by atoms with E-state index in [2.05, 4.69) is 46.4 Å². The molecule has 1 aliphatic rings. The predicted molar refractivity (Wildman–Crippen MR) is 99.1 cm³/mol. The smallest absolute Gasteiger partial charge is 0.194 e. The van der Waals surface area contributed by atoms with Crippen molar-refractivity contribution in [1.29, 1.82) is 0 Å². The molecule has 0 spiro atoms. The second kappa shape index (κ2) is 7.28. The summed E-state index contributed by atoms with van der Waals surface area (Å²) in [5.74, 6) is 0.905. The van der Waals surface area contributed by atoms with E-state index >= 15 is 0 Å². The summed E-state index contributed by atoms with van der Waals surface area (Å²) in [6.07, 6.45) is 6.46. The molecule has 2 aromatic carbocycles. The van der Waals surface area contributed by atoms with Gasteiger partial charge in [0.05, 0.1) is 6.20 Å². The van der Waals surface area contributed by atoms with Crippen LogP contribution in [-0.4, -0.2) is 24.5 Å². The lowest BCUT2D eigenvalue weighted by atomic mass is 10.1. The molecule has 1 N–H and O–H groups in total. The maximum Gasteiger partial charge on any atom is 0.194 e. The SMILES string of the molecule is C1=Nc2cnccc2[NH+]1CCOc1ccc(Cc2ccccc2)cc1. The molecule has 0 radical (unpaired) electrons. The van der Waals surface area contributed by atoms with Crippen LogP contribution >= 0.6 is 0 Å². The van der Waals surface area contributed by atoms with E-state index < -0.39 is 0 Å². The monoisotopic (exact) mass is 330 g/mol. The largest absolute Gasteiger partial charge is 0.488 e. The first kappa shape index (κ1) is 15.5. The number of quaternary nitrogens is 1. The third kappa shape index (κ3) is 3.75. The molecular formula is C21H20N3O+. The summed E-state index contributed by atoms with van der Waals surface area (Å²) in [6.45, 7) is 1.48. The molecule has 124 valence electrons. The summed E-state index contributed by atoms with van der Waals surface area (Å²) in [6, 6.07) is 20.9. The standard InChI is InChI=1S/C21H19N3O/c1-2-4-17(5-3-1)14-18-6-8-19(9-7-18)25-13-12-24-16-23-20-15-22-11-10-21(20)24/h1-11,15-16H,12-14H2/p+1. The fourth-order valence-electron chi connectivity index (χ4n) is 2.99. The summed E-state index contributed by atoms with van der Waals surface area (Å²) in [5, 5.41) is 0. The zero-order valence-corrected chi connectivity index (χ0v) is 13.9. The Morgan fingerprint density at radius 1 is 0.880 bits per heavy atom. The summed E-state index contributed by atoms with van der Waals surface area (Å²) < 4.78 is 5.89. The Hall–Kier alpha value is -2.98. The van der Waals surface area contributed by atoms with Crippen LogP contribution < -0.4 is 9.64 Å². The van der Waals surface area contributed by atoms with Crippen molar-refractivity contribution in [2.45, 2.75) is 6.42 Å².